The lowest BCUT2D eigenvalue weighted by atomic mass is 10.1. The summed E-state index contributed by atoms with van der Waals surface area (Å²) in [6.45, 7) is 0.917. The maximum absolute atomic E-state index is 11.5. The van der Waals surface area contributed by atoms with Crippen molar-refractivity contribution in [3.8, 4) is 0 Å². The molecule has 0 radical (unpaired) electrons. The van der Waals surface area contributed by atoms with Crippen LogP contribution in [0.15, 0.2) is 54.6 Å². The summed E-state index contributed by atoms with van der Waals surface area (Å²) in [5.41, 5.74) is 1.72. The van der Waals surface area contributed by atoms with E-state index in [-0.39, 0.29) is 31.9 Å². The molecule has 0 unspecified atom stereocenters. The second-order valence-corrected chi connectivity index (χ2v) is 5.00. The Labute approximate surface area is 140 Å². The number of nitrogens with one attached hydrogen (secondary N) is 1. The van der Waals surface area contributed by atoms with Crippen LogP contribution in [0, 0.1) is 0 Å². The van der Waals surface area contributed by atoms with Gasteiger partial charge in [0.15, 0.2) is 0 Å². The zero-order chi connectivity index (χ0) is 17.2. The normalized spacial score (nSPS) is 10.2. The SMILES string of the molecule is O=C(NCCOCc1ccccc1C(=O)O)OCc1ccccc1. The molecule has 6 heteroatoms. The van der Waals surface area contributed by atoms with Crippen LogP contribution in [0.5, 0.6) is 0 Å². The minimum atomic E-state index is -0.989. The highest BCUT2D eigenvalue weighted by atomic mass is 16.5. The van der Waals surface area contributed by atoms with Crippen molar-refractivity contribution in [2.45, 2.75) is 13.2 Å². The molecule has 2 aromatic rings. The van der Waals surface area contributed by atoms with Gasteiger partial charge >= 0.3 is 12.1 Å². The third-order valence-corrected chi connectivity index (χ3v) is 3.23. The van der Waals surface area contributed by atoms with Gasteiger partial charge in [-0.05, 0) is 17.2 Å². The van der Waals surface area contributed by atoms with Crippen LogP contribution in [0.25, 0.3) is 0 Å². The summed E-state index contributed by atoms with van der Waals surface area (Å²) >= 11 is 0. The number of carboxylic acid groups (broad SMARTS) is 1. The standard InChI is InChI=1S/C18H19NO5/c20-17(21)16-9-5-4-8-15(16)13-23-11-10-19-18(22)24-12-14-6-2-1-3-7-14/h1-9H,10-13H2,(H,19,22)(H,20,21). The van der Waals surface area contributed by atoms with Crippen molar-refractivity contribution >= 4 is 12.1 Å². The fraction of sp³-hybridized carbons (Fsp3) is 0.222. The number of hydrogen-bond donors (Lipinski definition) is 2. The summed E-state index contributed by atoms with van der Waals surface area (Å²) in [5, 5.41) is 11.6. The Morgan fingerprint density at radius 2 is 1.67 bits per heavy atom. The van der Waals surface area contributed by atoms with Crippen LogP contribution in [0.3, 0.4) is 0 Å². The topological polar surface area (TPSA) is 84.9 Å². The van der Waals surface area contributed by atoms with Gasteiger partial charge in [-0.25, -0.2) is 9.59 Å². The van der Waals surface area contributed by atoms with E-state index >= 15 is 0 Å². The van der Waals surface area contributed by atoms with Crippen molar-refractivity contribution in [3.05, 3.63) is 71.3 Å². The minimum absolute atomic E-state index is 0.170. The molecule has 126 valence electrons. The molecule has 6 nitrogen and oxygen atoms in total. The zero-order valence-electron chi connectivity index (χ0n) is 13.1. The first-order valence-electron chi connectivity index (χ1n) is 7.50. The average molecular weight is 329 g/mol. The highest BCUT2D eigenvalue weighted by molar-refractivity contribution is 5.89. The minimum Gasteiger partial charge on any atom is -0.478 e. The third kappa shape index (κ3) is 5.73. The van der Waals surface area contributed by atoms with Gasteiger partial charge in [0, 0.05) is 6.54 Å². The largest absolute Gasteiger partial charge is 0.478 e. The fourth-order valence-electron chi connectivity index (χ4n) is 2.04. The summed E-state index contributed by atoms with van der Waals surface area (Å²) < 4.78 is 10.5. The highest BCUT2D eigenvalue weighted by Gasteiger charge is 2.08. The van der Waals surface area contributed by atoms with Gasteiger partial charge in [0.2, 0.25) is 0 Å². The van der Waals surface area contributed by atoms with Gasteiger partial charge in [-0.15, -0.1) is 0 Å². The quantitative estimate of drug-likeness (QED) is 0.728. The number of carbonyl (C=O) groups excluding carboxylic acids is 1. The van der Waals surface area contributed by atoms with E-state index in [4.69, 9.17) is 14.6 Å². The molecule has 0 bridgehead atoms. The smallest absolute Gasteiger partial charge is 0.407 e. The molecule has 0 heterocycles. The molecule has 0 fully saturated rings. The lowest BCUT2D eigenvalue weighted by Gasteiger charge is -2.09. The van der Waals surface area contributed by atoms with E-state index in [1.807, 2.05) is 30.3 Å². The molecule has 0 saturated heterocycles. The van der Waals surface area contributed by atoms with Crippen LogP contribution in [-0.2, 0) is 22.7 Å². The average Bonchev–Trinajstić information content (AvgIpc) is 2.61. The molecular weight excluding hydrogens is 310 g/mol. The van der Waals surface area contributed by atoms with Crippen LogP contribution in [0.2, 0.25) is 0 Å². The van der Waals surface area contributed by atoms with Gasteiger partial charge < -0.3 is 19.9 Å². The molecule has 0 aliphatic heterocycles. The van der Waals surface area contributed by atoms with Crippen molar-refractivity contribution < 1.29 is 24.2 Å². The molecule has 0 aliphatic carbocycles. The van der Waals surface area contributed by atoms with Crippen molar-refractivity contribution in [3.63, 3.8) is 0 Å². The first-order chi connectivity index (χ1) is 11.7. The predicted molar refractivity (Wildman–Crippen MR) is 87.7 cm³/mol. The monoisotopic (exact) mass is 329 g/mol. The maximum Gasteiger partial charge on any atom is 0.407 e. The molecule has 2 rings (SSSR count). The molecule has 0 aliphatic rings. The van der Waals surface area contributed by atoms with Crippen LogP contribution in [-0.4, -0.2) is 30.3 Å². The molecule has 0 aromatic heterocycles. The highest BCUT2D eigenvalue weighted by Crippen LogP contribution is 2.09. The summed E-state index contributed by atoms with van der Waals surface area (Å²) in [5.74, 6) is -0.989. The molecule has 24 heavy (non-hydrogen) atoms. The summed E-state index contributed by atoms with van der Waals surface area (Å²) in [6, 6.07) is 16.0. The number of hydrogen-bond acceptors (Lipinski definition) is 4. The number of ether oxygens (including phenoxy) is 2. The third-order valence-electron chi connectivity index (χ3n) is 3.23. The lowest BCUT2D eigenvalue weighted by molar-refractivity contribution is 0.0687. The summed E-state index contributed by atoms with van der Waals surface area (Å²) in [7, 11) is 0. The van der Waals surface area contributed by atoms with Crippen molar-refractivity contribution in [1.29, 1.82) is 0 Å². The number of carbonyl (C=O) groups is 2. The van der Waals surface area contributed by atoms with E-state index < -0.39 is 12.1 Å². The van der Waals surface area contributed by atoms with Crippen LogP contribution >= 0.6 is 0 Å². The summed E-state index contributed by atoms with van der Waals surface area (Å²) in [4.78, 5) is 22.6. The van der Waals surface area contributed by atoms with Crippen molar-refractivity contribution in [1.82, 2.24) is 5.32 Å². The first-order valence-corrected chi connectivity index (χ1v) is 7.50. The van der Waals surface area contributed by atoms with Crippen molar-refractivity contribution in [2.75, 3.05) is 13.2 Å². The van der Waals surface area contributed by atoms with Gasteiger partial charge in [-0.1, -0.05) is 48.5 Å². The predicted octanol–water partition coefficient (Wildman–Crippen LogP) is 2.83. The van der Waals surface area contributed by atoms with Gasteiger partial charge in [0.25, 0.3) is 0 Å². The molecule has 2 aromatic carbocycles. The van der Waals surface area contributed by atoms with Gasteiger partial charge in [-0.2, -0.15) is 0 Å². The van der Waals surface area contributed by atoms with Crippen LogP contribution in [0.1, 0.15) is 21.5 Å². The Bertz CT molecular complexity index is 672. The van der Waals surface area contributed by atoms with Gasteiger partial charge in [0.05, 0.1) is 18.8 Å². The Morgan fingerprint density at radius 3 is 2.42 bits per heavy atom. The van der Waals surface area contributed by atoms with E-state index in [1.54, 1.807) is 18.2 Å². The van der Waals surface area contributed by atoms with E-state index in [0.717, 1.165) is 5.56 Å². The van der Waals surface area contributed by atoms with E-state index in [1.165, 1.54) is 6.07 Å². The Kier molecular flexibility index (Phi) is 6.79. The number of alkyl carbamates (subject to hydrolysis) is 1. The Morgan fingerprint density at radius 1 is 0.958 bits per heavy atom. The van der Waals surface area contributed by atoms with E-state index in [0.29, 0.717) is 5.56 Å². The lowest BCUT2D eigenvalue weighted by Crippen LogP contribution is -2.27. The van der Waals surface area contributed by atoms with E-state index in [2.05, 4.69) is 5.32 Å². The number of aromatic carboxylic acids is 1. The van der Waals surface area contributed by atoms with Crippen LogP contribution < -0.4 is 5.32 Å². The number of benzene rings is 2. The first kappa shape index (κ1) is 17.5. The maximum atomic E-state index is 11.5. The molecule has 0 saturated carbocycles. The zero-order valence-corrected chi connectivity index (χ0v) is 13.1. The molecular formula is C18H19NO5. The molecule has 0 spiro atoms. The fourth-order valence-corrected chi connectivity index (χ4v) is 2.04. The molecule has 2 N–H and O–H groups in total. The number of carboxylic acids is 1. The second-order valence-electron chi connectivity index (χ2n) is 5.00. The molecule has 1 amide bonds. The van der Waals surface area contributed by atoms with E-state index in [9.17, 15) is 9.59 Å². The second kappa shape index (κ2) is 9.32. The van der Waals surface area contributed by atoms with Gasteiger partial charge in [-0.3, -0.25) is 0 Å². The number of amides is 1. The summed E-state index contributed by atoms with van der Waals surface area (Å²) in [6.07, 6.45) is -0.520. The van der Waals surface area contributed by atoms with Crippen molar-refractivity contribution in [2.24, 2.45) is 0 Å². The number of rotatable bonds is 8. The Balaban J connectivity index is 1.63. The molecule has 0 atom stereocenters. The van der Waals surface area contributed by atoms with Crippen LogP contribution in [0.4, 0.5) is 4.79 Å². The van der Waals surface area contributed by atoms with Gasteiger partial charge in [0.1, 0.15) is 6.61 Å². The Hall–Kier alpha value is -2.86.